The minimum Gasteiger partial charge on any atom is -0.550 e. The average Bonchev–Trinajstić information content (AvgIpc) is 2.45. The lowest BCUT2D eigenvalue weighted by Crippen LogP contribution is -2.25. The third-order valence-corrected chi connectivity index (χ3v) is 3.73. The Kier molecular flexibility index (Phi) is 13.9. The first kappa shape index (κ1) is 20.3. The van der Waals surface area contributed by atoms with E-state index in [1.54, 1.807) is 0 Å². The highest BCUT2D eigenvalue weighted by atomic mass is 16.4. The second-order valence-corrected chi connectivity index (χ2v) is 5.74. The van der Waals surface area contributed by atoms with Crippen molar-refractivity contribution in [3.05, 3.63) is 0 Å². The van der Waals surface area contributed by atoms with Crippen LogP contribution in [0.2, 0.25) is 0 Å². The van der Waals surface area contributed by atoms with E-state index in [-0.39, 0.29) is 13.0 Å². The van der Waals surface area contributed by atoms with Gasteiger partial charge in [0.25, 0.3) is 0 Å². The summed E-state index contributed by atoms with van der Waals surface area (Å²) in [6.07, 6.45) is 7.92. The Morgan fingerprint density at radius 2 is 1.19 bits per heavy atom. The number of hydrogen-bond donors (Lipinski definition) is 3. The highest BCUT2D eigenvalue weighted by Crippen LogP contribution is 2.14. The molecule has 3 N–H and O–H groups in total. The molecule has 0 aliphatic rings. The fourth-order valence-corrected chi connectivity index (χ4v) is 2.36. The molecule has 0 fully saturated rings. The molecule has 0 saturated carbocycles. The molecule has 126 valence electrons. The van der Waals surface area contributed by atoms with E-state index in [1.807, 2.05) is 0 Å². The molecule has 5 nitrogen and oxygen atoms in total. The summed E-state index contributed by atoms with van der Waals surface area (Å²) < 4.78 is 0. The van der Waals surface area contributed by atoms with Gasteiger partial charge < -0.3 is 25.2 Å². The normalized spacial score (nSPS) is 14.0. The van der Waals surface area contributed by atoms with Gasteiger partial charge in [-0.3, -0.25) is 0 Å². The largest absolute Gasteiger partial charge is 0.550 e. The summed E-state index contributed by atoms with van der Waals surface area (Å²) in [7, 11) is 0. The van der Waals surface area contributed by atoms with E-state index >= 15 is 0 Å². The van der Waals surface area contributed by atoms with Crippen molar-refractivity contribution in [3.63, 3.8) is 0 Å². The van der Waals surface area contributed by atoms with Crippen LogP contribution in [-0.2, 0) is 4.79 Å². The number of unbranched alkanes of at least 4 members (excludes halogenated alkanes) is 7. The van der Waals surface area contributed by atoms with Gasteiger partial charge in [0.2, 0.25) is 0 Å². The number of carboxylic acids is 1. The van der Waals surface area contributed by atoms with E-state index in [0.717, 1.165) is 51.4 Å². The van der Waals surface area contributed by atoms with E-state index in [9.17, 15) is 20.1 Å². The Morgan fingerprint density at radius 1 is 0.762 bits per heavy atom. The third-order valence-electron chi connectivity index (χ3n) is 3.73. The first-order chi connectivity index (χ1) is 10.1. The van der Waals surface area contributed by atoms with Crippen molar-refractivity contribution in [2.45, 2.75) is 89.3 Å². The topological polar surface area (TPSA) is 101 Å². The Hall–Kier alpha value is -0.650. The molecular formula is C16H31O5-. The molecule has 0 unspecified atom stereocenters. The first-order valence-electron chi connectivity index (χ1n) is 8.24. The number of aliphatic hydroxyl groups excluding tert-OH is 3. The third kappa shape index (κ3) is 14.1. The Labute approximate surface area is 128 Å². The van der Waals surface area contributed by atoms with Crippen molar-refractivity contribution in [3.8, 4) is 0 Å². The minimum absolute atomic E-state index is 0.123. The molecule has 0 amide bonds. The predicted octanol–water partition coefficient (Wildman–Crippen LogP) is 1.13. The summed E-state index contributed by atoms with van der Waals surface area (Å²) in [6, 6.07) is 0. The van der Waals surface area contributed by atoms with E-state index in [1.165, 1.54) is 0 Å². The molecular weight excluding hydrogens is 272 g/mol. The van der Waals surface area contributed by atoms with Crippen LogP contribution in [0.1, 0.15) is 77.0 Å². The SMILES string of the molecule is O=C([O-])CCCCCCC[C@H](O)[C@H](O)CCCCCCO. The molecule has 0 aliphatic heterocycles. The number of carboxylic acid groups (broad SMARTS) is 1. The second kappa shape index (κ2) is 14.3. The van der Waals surface area contributed by atoms with E-state index in [2.05, 4.69) is 0 Å². The van der Waals surface area contributed by atoms with Gasteiger partial charge in [0, 0.05) is 12.6 Å². The molecule has 0 aromatic carbocycles. The molecule has 0 aromatic heterocycles. The lowest BCUT2D eigenvalue weighted by Gasteiger charge is -2.17. The number of aliphatic hydroxyl groups is 3. The molecule has 5 heteroatoms. The predicted molar refractivity (Wildman–Crippen MR) is 79.5 cm³/mol. The van der Waals surface area contributed by atoms with Crippen LogP contribution in [0.25, 0.3) is 0 Å². The molecule has 0 saturated heterocycles. The van der Waals surface area contributed by atoms with E-state index < -0.39 is 18.2 Å². The summed E-state index contributed by atoms with van der Waals surface area (Å²) in [5.74, 6) is -0.993. The summed E-state index contributed by atoms with van der Waals surface area (Å²) >= 11 is 0. The van der Waals surface area contributed by atoms with Crippen molar-refractivity contribution >= 4 is 5.97 Å². The summed E-state index contributed by atoms with van der Waals surface area (Å²) in [5, 5.41) is 38.5. The summed E-state index contributed by atoms with van der Waals surface area (Å²) in [6.45, 7) is 0.216. The smallest absolute Gasteiger partial charge is 0.0799 e. The number of carbonyl (C=O) groups is 1. The van der Waals surface area contributed by atoms with Gasteiger partial charge in [0.15, 0.2) is 0 Å². The van der Waals surface area contributed by atoms with Crippen LogP contribution in [0.4, 0.5) is 0 Å². The number of rotatable bonds is 15. The van der Waals surface area contributed by atoms with Gasteiger partial charge >= 0.3 is 0 Å². The number of hydrogen-bond acceptors (Lipinski definition) is 5. The average molecular weight is 303 g/mol. The maximum absolute atomic E-state index is 10.2. The van der Waals surface area contributed by atoms with Crippen molar-refractivity contribution in [1.82, 2.24) is 0 Å². The van der Waals surface area contributed by atoms with E-state index in [0.29, 0.717) is 19.3 Å². The fourth-order valence-electron chi connectivity index (χ4n) is 2.36. The lowest BCUT2D eigenvalue weighted by molar-refractivity contribution is -0.305. The van der Waals surface area contributed by atoms with Crippen molar-refractivity contribution < 1.29 is 25.2 Å². The van der Waals surface area contributed by atoms with Gasteiger partial charge in [0.1, 0.15) is 0 Å². The van der Waals surface area contributed by atoms with Gasteiger partial charge in [-0.05, 0) is 32.1 Å². The quantitative estimate of drug-likeness (QED) is 0.394. The minimum atomic E-state index is -0.993. The molecule has 0 heterocycles. The van der Waals surface area contributed by atoms with Crippen molar-refractivity contribution in [2.24, 2.45) is 0 Å². The van der Waals surface area contributed by atoms with Crippen LogP contribution < -0.4 is 5.11 Å². The molecule has 0 aromatic rings. The molecule has 0 aliphatic carbocycles. The van der Waals surface area contributed by atoms with Gasteiger partial charge in [-0.25, -0.2) is 0 Å². The van der Waals surface area contributed by atoms with Crippen LogP contribution in [0, 0.1) is 0 Å². The van der Waals surface area contributed by atoms with Gasteiger partial charge in [-0.2, -0.15) is 0 Å². The van der Waals surface area contributed by atoms with Gasteiger partial charge in [0.05, 0.1) is 12.2 Å². The first-order valence-corrected chi connectivity index (χ1v) is 8.24. The molecule has 0 bridgehead atoms. The molecule has 0 radical (unpaired) electrons. The highest BCUT2D eigenvalue weighted by Gasteiger charge is 2.14. The zero-order valence-electron chi connectivity index (χ0n) is 13.0. The number of aliphatic carboxylic acids is 1. The van der Waals surface area contributed by atoms with E-state index in [4.69, 9.17) is 5.11 Å². The Balaban J connectivity index is 3.38. The molecule has 0 spiro atoms. The van der Waals surface area contributed by atoms with Crippen molar-refractivity contribution in [2.75, 3.05) is 6.61 Å². The monoisotopic (exact) mass is 303 g/mol. The second-order valence-electron chi connectivity index (χ2n) is 5.74. The zero-order chi connectivity index (χ0) is 15.9. The lowest BCUT2D eigenvalue weighted by atomic mass is 10.00. The molecule has 2 atom stereocenters. The fraction of sp³-hybridized carbons (Fsp3) is 0.938. The molecule has 21 heavy (non-hydrogen) atoms. The van der Waals surface area contributed by atoms with Crippen LogP contribution in [0.15, 0.2) is 0 Å². The maximum Gasteiger partial charge on any atom is 0.0799 e. The van der Waals surface area contributed by atoms with Crippen LogP contribution in [0.3, 0.4) is 0 Å². The van der Waals surface area contributed by atoms with Crippen LogP contribution in [-0.4, -0.2) is 40.1 Å². The van der Waals surface area contributed by atoms with Gasteiger partial charge in [-0.15, -0.1) is 0 Å². The number of carbonyl (C=O) groups excluding carboxylic acids is 1. The standard InChI is InChI=1S/C16H32O5/c17-13-9-5-4-7-11-15(19)14(18)10-6-2-1-3-8-12-16(20)21/h14-15,17-19H,1-13H2,(H,20,21)/p-1/t14-,15+/m0/s1. The van der Waals surface area contributed by atoms with Crippen LogP contribution in [0.5, 0.6) is 0 Å². The van der Waals surface area contributed by atoms with Crippen molar-refractivity contribution in [1.29, 1.82) is 0 Å². The maximum atomic E-state index is 10.2. The highest BCUT2D eigenvalue weighted by molar-refractivity contribution is 5.63. The van der Waals surface area contributed by atoms with Crippen LogP contribution >= 0.6 is 0 Å². The Morgan fingerprint density at radius 3 is 1.67 bits per heavy atom. The zero-order valence-corrected chi connectivity index (χ0v) is 13.0. The molecule has 0 rings (SSSR count). The Bertz CT molecular complexity index is 245. The van der Waals surface area contributed by atoms with Gasteiger partial charge in [-0.1, -0.05) is 44.9 Å². The summed E-state index contributed by atoms with van der Waals surface area (Å²) in [5.41, 5.74) is 0. The summed E-state index contributed by atoms with van der Waals surface area (Å²) in [4.78, 5) is 10.2.